The molecule has 1 rings (SSSR count). The summed E-state index contributed by atoms with van der Waals surface area (Å²) in [5.74, 6) is -2.32. The zero-order valence-electron chi connectivity index (χ0n) is 8.08. The fraction of sp³-hybridized carbons (Fsp3) is 0.222. The van der Waals surface area contributed by atoms with Gasteiger partial charge in [-0.3, -0.25) is 9.36 Å². The topological polar surface area (TPSA) is 94.8 Å². The molecule has 7 heteroatoms. The van der Waals surface area contributed by atoms with Crippen LogP contribution in [0.5, 0.6) is 0 Å². The van der Waals surface area contributed by atoms with Gasteiger partial charge in [0.25, 0.3) is 0 Å². The zero-order valence-corrected chi connectivity index (χ0v) is 8.97. The summed E-state index contributed by atoms with van der Waals surface area (Å²) in [6, 6.07) is 5.28. The van der Waals surface area contributed by atoms with Gasteiger partial charge in [0.2, 0.25) is 0 Å². The number of carboxylic acids is 1. The second-order valence-corrected chi connectivity index (χ2v) is 5.04. The standard InChI is InChI=1S/C9H10FO5P/c10-7-4-2-1-3-6(7)5-8(9(11)12)16(13,14)15/h1-4,8H,5H2,(H,11,12)(H2,13,14,15). The molecule has 0 aliphatic heterocycles. The number of aliphatic carboxylic acids is 1. The fourth-order valence-electron chi connectivity index (χ4n) is 1.22. The summed E-state index contributed by atoms with van der Waals surface area (Å²) in [4.78, 5) is 28.3. The van der Waals surface area contributed by atoms with Crippen LogP contribution in [0.3, 0.4) is 0 Å². The predicted molar refractivity (Wildman–Crippen MR) is 53.6 cm³/mol. The van der Waals surface area contributed by atoms with Crippen molar-refractivity contribution in [2.75, 3.05) is 0 Å². The highest BCUT2D eigenvalue weighted by Crippen LogP contribution is 2.43. The number of hydrogen-bond acceptors (Lipinski definition) is 2. The number of carboxylic acid groups (broad SMARTS) is 1. The van der Waals surface area contributed by atoms with Gasteiger partial charge in [0.15, 0.2) is 5.66 Å². The molecule has 0 bridgehead atoms. The SMILES string of the molecule is O=C(O)C(Cc1ccccc1F)P(=O)(O)O. The first-order valence-corrected chi connectivity index (χ1v) is 6.02. The lowest BCUT2D eigenvalue weighted by Gasteiger charge is -2.14. The molecule has 5 nitrogen and oxygen atoms in total. The lowest BCUT2D eigenvalue weighted by atomic mass is 10.1. The molecule has 0 saturated carbocycles. The number of halogens is 1. The van der Waals surface area contributed by atoms with Crippen molar-refractivity contribution in [3.05, 3.63) is 35.6 Å². The number of rotatable bonds is 4. The Kier molecular flexibility index (Phi) is 3.80. The molecule has 0 heterocycles. The molecule has 1 unspecified atom stereocenters. The summed E-state index contributed by atoms with van der Waals surface area (Å²) in [5.41, 5.74) is -1.94. The van der Waals surface area contributed by atoms with Gasteiger partial charge in [-0.2, -0.15) is 0 Å². The van der Waals surface area contributed by atoms with Crippen molar-refractivity contribution in [3.63, 3.8) is 0 Å². The first-order chi connectivity index (χ1) is 7.32. The molecular weight excluding hydrogens is 238 g/mol. The molecule has 1 aromatic rings. The van der Waals surface area contributed by atoms with E-state index in [2.05, 4.69) is 0 Å². The maximum Gasteiger partial charge on any atom is 0.340 e. The summed E-state index contributed by atoms with van der Waals surface area (Å²) >= 11 is 0. The minimum Gasteiger partial charge on any atom is -0.481 e. The molecular formula is C9H10FO5P. The van der Waals surface area contributed by atoms with Gasteiger partial charge < -0.3 is 14.9 Å². The summed E-state index contributed by atoms with van der Waals surface area (Å²) < 4.78 is 24.0. The highest BCUT2D eigenvalue weighted by atomic mass is 31.2. The second-order valence-electron chi connectivity index (χ2n) is 3.24. The first-order valence-electron chi connectivity index (χ1n) is 4.34. The van der Waals surface area contributed by atoms with Gasteiger partial charge in [-0.15, -0.1) is 0 Å². The van der Waals surface area contributed by atoms with Crippen molar-refractivity contribution in [1.82, 2.24) is 0 Å². The first kappa shape index (κ1) is 12.8. The molecule has 88 valence electrons. The molecule has 0 amide bonds. The van der Waals surface area contributed by atoms with E-state index in [1.807, 2.05) is 0 Å². The Morgan fingerprint density at radius 3 is 2.38 bits per heavy atom. The minimum absolute atomic E-state index is 0.0294. The average Bonchev–Trinajstić information content (AvgIpc) is 2.14. The molecule has 0 aromatic heterocycles. The summed E-state index contributed by atoms with van der Waals surface area (Å²) in [6.45, 7) is 0. The maximum atomic E-state index is 13.2. The largest absolute Gasteiger partial charge is 0.481 e. The molecule has 16 heavy (non-hydrogen) atoms. The average molecular weight is 248 g/mol. The van der Waals surface area contributed by atoms with Crippen LogP contribution in [0.25, 0.3) is 0 Å². The molecule has 0 aliphatic carbocycles. The fourth-order valence-corrected chi connectivity index (χ4v) is 1.94. The Labute approximate surface area is 90.7 Å². The van der Waals surface area contributed by atoms with Crippen molar-refractivity contribution in [2.45, 2.75) is 12.1 Å². The van der Waals surface area contributed by atoms with Crippen LogP contribution in [0.15, 0.2) is 24.3 Å². The number of benzene rings is 1. The van der Waals surface area contributed by atoms with Crippen LogP contribution in [0.4, 0.5) is 4.39 Å². The van der Waals surface area contributed by atoms with Crippen LogP contribution < -0.4 is 0 Å². The Morgan fingerprint density at radius 1 is 1.38 bits per heavy atom. The molecule has 0 saturated heterocycles. The molecule has 1 aromatic carbocycles. The number of carbonyl (C=O) groups is 1. The molecule has 1 atom stereocenters. The van der Waals surface area contributed by atoms with Gasteiger partial charge in [-0.05, 0) is 11.6 Å². The molecule has 0 aliphatic rings. The maximum absolute atomic E-state index is 13.2. The highest BCUT2D eigenvalue weighted by molar-refractivity contribution is 7.53. The van der Waals surface area contributed by atoms with Gasteiger partial charge in [0.05, 0.1) is 0 Å². The zero-order chi connectivity index (χ0) is 12.3. The number of hydrogen-bond donors (Lipinski definition) is 3. The third-order valence-electron chi connectivity index (χ3n) is 2.06. The van der Waals surface area contributed by atoms with Crippen LogP contribution >= 0.6 is 7.60 Å². The van der Waals surface area contributed by atoms with E-state index in [0.29, 0.717) is 0 Å². The van der Waals surface area contributed by atoms with Crippen molar-refractivity contribution >= 4 is 13.6 Å². The van der Waals surface area contributed by atoms with Gasteiger partial charge in [-0.25, -0.2) is 4.39 Å². The van der Waals surface area contributed by atoms with Gasteiger partial charge in [-0.1, -0.05) is 18.2 Å². The summed E-state index contributed by atoms with van der Waals surface area (Å²) in [6.07, 6.45) is -0.535. The van der Waals surface area contributed by atoms with E-state index in [1.165, 1.54) is 18.2 Å². The van der Waals surface area contributed by atoms with E-state index in [1.54, 1.807) is 0 Å². The predicted octanol–water partition coefficient (Wildman–Crippen LogP) is 0.999. The van der Waals surface area contributed by atoms with Gasteiger partial charge >= 0.3 is 13.6 Å². The van der Waals surface area contributed by atoms with Crippen molar-refractivity contribution < 1.29 is 28.6 Å². The Balaban J connectivity index is 2.98. The third-order valence-corrected chi connectivity index (χ3v) is 3.28. The van der Waals surface area contributed by atoms with Crippen LogP contribution in [0, 0.1) is 5.82 Å². The van der Waals surface area contributed by atoms with Crippen LogP contribution in [-0.2, 0) is 15.8 Å². The monoisotopic (exact) mass is 248 g/mol. The lowest BCUT2D eigenvalue weighted by Crippen LogP contribution is -2.23. The van der Waals surface area contributed by atoms with E-state index in [0.717, 1.165) is 6.07 Å². The van der Waals surface area contributed by atoms with E-state index in [-0.39, 0.29) is 5.56 Å². The van der Waals surface area contributed by atoms with E-state index in [4.69, 9.17) is 14.9 Å². The second kappa shape index (κ2) is 4.74. The lowest BCUT2D eigenvalue weighted by molar-refractivity contribution is -0.136. The van der Waals surface area contributed by atoms with E-state index in [9.17, 15) is 13.8 Å². The molecule has 0 spiro atoms. The van der Waals surface area contributed by atoms with E-state index >= 15 is 0 Å². The Hall–Kier alpha value is -1.23. The van der Waals surface area contributed by atoms with Crippen LogP contribution in [0.2, 0.25) is 0 Å². The summed E-state index contributed by atoms with van der Waals surface area (Å²) in [7, 11) is -4.78. The molecule has 0 radical (unpaired) electrons. The highest BCUT2D eigenvalue weighted by Gasteiger charge is 2.36. The summed E-state index contributed by atoms with van der Waals surface area (Å²) in [5, 5.41) is 8.65. The smallest absolute Gasteiger partial charge is 0.340 e. The Morgan fingerprint density at radius 2 is 1.94 bits per heavy atom. The van der Waals surface area contributed by atoms with Gasteiger partial charge in [0, 0.05) is 6.42 Å². The van der Waals surface area contributed by atoms with Crippen LogP contribution in [-0.4, -0.2) is 26.5 Å². The third kappa shape index (κ3) is 3.13. The molecule has 0 fully saturated rings. The van der Waals surface area contributed by atoms with Gasteiger partial charge in [0.1, 0.15) is 5.82 Å². The van der Waals surface area contributed by atoms with Crippen LogP contribution in [0.1, 0.15) is 5.56 Å². The Bertz CT molecular complexity index is 441. The quantitative estimate of drug-likeness (QED) is 0.691. The molecule has 3 N–H and O–H groups in total. The normalized spacial score (nSPS) is 13.4. The van der Waals surface area contributed by atoms with E-state index < -0.39 is 31.5 Å². The minimum atomic E-state index is -4.78. The van der Waals surface area contributed by atoms with Crippen molar-refractivity contribution in [2.24, 2.45) is 0 Å². The van der Waals surface area contributed by atoms with Crippen molar-refractivity contribution in [1.29, 1.82) is 0 Å². The van der Waals surface area contributed by atoms with Crippen molar-refractivity contribution in [3.8, 4) is 0 Å².